The van der Waals surface area contributed by atoms with Crippen molar-refractivity contribution in [1.82, 2.24) is 4.57 Å². The van der Waals surface area contributed by atoms with Crippen molar-refractivity contribution < 1.29 is 4.79 Å². The zero-order valence-corrected chi connectivity index (χ0v) is 17.9. The van der Waals surface area contributed by atoms with Crippen LogP contribution in [0.3, 0.4) is 0 Å². The van der Waals surface area contributed by atoms with Gasteiger partial charge in [0.15, 0.2) is 0 Å². The highest BCUT2D eigenvalue weighted by Gasteiger charge is 2.15. The van der Waals surface area contributed by atoms with Crippen LogP contribution in [0.15, 0.2) is 54.1 Å². The minimum atomic E-state index is -0.562. The summed E-state index contributed by atoms with van der Waals surface area (Å²) in [6.45, 7) is 3.88. The molecule has 2 aromatic carbocycles. The second-order valence-corrected chi connectivity index (χ2v) is 7.67. The number of hydrogen-bond donors (Lipinski definition) is 1. The number of aryl methyl sites for hydroxylation is 1. The molecule has 146 valence electrons. The van der Waals surface area contributed by atoms with Crippen LogP contribution in [-0.4, -0.2) is 10.5 Å². The Labute approximate surface area is 183 Å². The number of benzene rings is 2. The number of rotatable bonds is 4. The normalized spacial score (nSPS) is 11.2. The zero-order valence-electron chi connectivity index (χ0n) is 15.6. The summed E-state index contributed by atoms with van der Waals surface area (Å²) in [5.74, 6) is -0.562. The van der Waals surface area contributed by atoms with Crippen LogP contribution in [0.5, 0.6) is 0 Å². The average molecular weight is 445 g/mol. The molecule has 7 heteroatoms. The van der Waals surface area contributed by atoms with E-state index in [0.29, 0.717) is 20.8 Å². The molecule has 0 atom stereocenters. The van der Waals surface area contributed by atoms with Gasteiger partial charge >= 0.3 is 0 Å². The van der Waals surface area contributed by atoms with Crippen molar-refractivity contribution in [3.63, 3.8) is 0 Å². The van der Waals surface area contributed by atoms with Crippen molar-refractivity contribution >= 4 is 52.5 Å². The van der Waals surface area contributed by atoms with Crippen LogP contribution >= 0.6 is 34.8 Å². The zero-order chi connectivity index (χ0) is 21.1. The maximum atomic E-state index is 12.6. The largest absolute Gasteiger partial charge is 0.320 e. The van der Waals surface area contributed by atoms with E-state index in [-0.39, 0.29) is 5.57 Å². The lowest BCUT2D eigenvalue weighted by atomic mass is 10.1. The number of carbonyl (C=O) groups is 1. The van der Waals surface area contributed by atoms with Gasteiger partial charge in [-0.3, -0.25) is 4.79 Å². The molecule has 0 saturated carbocycles. The average Bonchev–Trinajstić information content (AvgIpc) is 2.96. The first-order valence-electron chi connectivity index (χ1n) is 8.63. The van der Waals surface area contributed by atoms with Crippen LogP contribution in [0.25, 0.3) is 11.8 Å². The first-order chi connectivity index (χ1) is 13.8. The number of nitrogens with one attached hydrogen (secondary N) is 1. The van der Waals surface area contributed by atoms with Crippen molar-refractivity contribution in [3.05, 3.63) is 86.1 Å². The van der Waals surface area contributed by atoms with Gasteiger partial charge in [0.25, 0.3) is 5.91 Å². The number of nitriles is 1. The van der Waals surface area contributed by atoms with Crippen LogP contribution in [-0.2, 0) is 4.79 Å². The third-order valence-corrected chi connectivity index (χ3v) is 5.21. The van der Waals surface area contributed by atoms with E-state index in [4.69, 9.17) is 34.8 Å². The predicted molar refractivity (Wildman–Crippen MR) is 119 cm³/mol. The van der Waals surface area contributed by atoms with Gasteiger partial charge in [0.05, 0.1) is 10.7 Å². The molecule has 3 aromatic rings. The molecule has 29 heavy (non-hydrogen) atoms. The second kappa shape index (κ2) is 8.75. The summed E-state index contributed by atoms with van der Waals surface area (Å²) in [4.78, 5) is 12.6. The topological polar surface area (TPSA) is 57.8 Å². The van der Waals surface area contributed by atoms with Crippen molar-refractivity contribution in [2.75, 3.05) is 5.32 Å². The Morgan fingerprint density at radius 2 is 1.69 bits per heavy atom. The fourth-order valence-electron chi connectivity index (χ4n) is 3.01. The molecule has 0 bridgehead atoms. The summed E-state index contributed by atoms with van der Waals surface area (Å²) in [7, 11) is 0. The SMILES string of the molecule is Cc1cc(/C=C(\C#N)C(=O)Nc2cc(Cl)ccc2Cl)c(C)n1-c1ccc(Cl)cc1. The molecule has 0 fully saturated rings. The lowest BCUT2D eigenvalue weighted by Gasteiger charge is -2.10. The molecular weight excluding hydrogens is 429 g/mol. The number of nitrogens with zero attached hydrogens (tertiary/aromatic N) is 2. The molecule has 0 saturated heterocycles. The maximum absolute atomic E-state index is 12.6. The summed E-state index contributed by atoms with van der Waals surface area (Å²) in [6, 6.07) is 16.0. The Balaban J connectivity index is 1.94. The molecular formula is C22H16Cl3N3O. The van der Waals surface area contributed by atoms with E-state index < -0.39 is 5.91 Å². The summed E-state index contributed by atoms with van der Waals surface area (Å²) in [5, 5.41) is 13.6. The molecule has 0 aliphatic carbocycles. The number of carbonyl (C=O) groups excluding carboxylic acids is 1. The third-order valence-electron chi connectivity index (χ3n) is 4.40. The smallest absolute Gasteiger partial charge is 0.266 e. The second-order valence-electron chi connectivity index (χ2n) is 6.39. The van der Waals surface area contributed by atoms with Crippen LogP contribution in [0.1, 0.15) is 17.0 Å². The number of hydrogen-bond acceptors (Lipinski definition) is 2. The first-order valence-corrected chi connectivity index (χ1v) is 9.76. The van der Waals surface area contributed by atoms with Crippen molar-refractivity contribution in [2.24, 2.45) is 0 Å². The molecule has 3 rings (SSSR count). The minimum Gasteiger partial charge on any atom is -0.320 e. The highest BCUT2D eigenvalue weighted by molar-refractivity contribution is 6.36. The highest BCUT2D eigenvalue weighted by Crippen LogP contribution is 2.27. The van der Waals surface area contributed by atoms with Crippen LogP contribution < -0.4 is 5.32 Å². The quantitative estimate of drug-likeness (QED) is 0.364. The van der Waals surface area contributed by atoms with Gasteiger partial charge in [0, 0.05) is 27.1 Å². The molecule has 0 radical (unpaired) electrons. The standard InChI is InChI=1S/C22H16Cl3N3O/c1-13-9-15(14(2)28(13)19-6-3-17(23)4-7-19)10-16(12-26)22(29)27-21-11-18(24)5-8-20(21)25/h3-11H,1-2H3,(H,27,29)/b16-10+. The Hall–Kier alpha value is -2.71. The summed E-state index contributed by atoms with van der Waals surface area (Å²) >= 11 is 18.0. The number of halogens is 3. The Morgan fingerprint density at radius 3 is 2.34 bits per heavy atom. The van der Waals surface area contributed by atoms with Gasteiger partial charge < -0.3 is 9.88 Å². The van der Waals surface area contributed by atoms with E-state index >= 15 is 0 Å². The minimum absolute atomic E-state index is 0.0441. The summed E-state index contributed by atoms with van der Waals surface area (Å²) in [6.07, 6.45) is 1.56. The molecule has 1 aromatic heterocycles. The van der Waals surface area contributed by atoms with Gasteiger partial charge in [-0.2, -0.15) is 5.26 Å². The van der Waals surface area contributed by atoms with Crippen LogP contribution in [0, 0.1) is 25.2 Å². The molecule has 0 aliphatic heterocycles. The fraction of sp³-hybridized carbons (Fsp3) is 0.0909. The highest BCUT2D eigenvalue weighted by atomic mass is 35.5. The van der Waals surface area contributed by atoms with Gasteiger partial charge in [-0.05, 0) is 74.0 Å². The van der Waals surface area contributed by atoms with Gasteiger partial charge in [0.1, 0.15) is 11.6 Å². The van der Waals surface area contributed by atoms with Gasteiger partial charge in [-0.1, -0.05) is 34.8 Å². The summed E-state index contributed by atoms with van der Waals surface area (Å²) < 4.78 is 2.03. The molecule has 0 aliphatic rings. The number of aromatic nitrogens is 1. The van der Waals surface area contributed by atoms with E-state index in [1.807, 2.05) is 54.8 Å². The van der Waals surface area contributed by atoms with Crippen LogP contribution in [0.4, 0.5) is 5.69 Å². The van der Waals surface area contributed by atoms with E-state index in [1.165, 1.54) is 6.07 Å². The molecule has 0 spiro atoms. The lowest BCUT2D eigenvalue weighted by Crippen LogP contribution is -2.13. The first kappa shape index (κ1) is 21.0. The monoisotopic (exact) mass is 443 g/mol. The number of anilines is 1. The van der Waals surface area contributed by atoms with Gasteiger partial charge in [-0.15, -0.1) is 0 Å². The Morgan fingerprint density at radius 1 is 1.03 bits per heavy atom. The van der Waals surface area contributed by atoms with Gasteiger partial charge in [0.2, 0.25) is 0 Å². The van der Waals surface area contributed by atoms with E-state index in [1.54, 1.807) is 18.2 Å². The maximum Gasteiger partial charge on any atom is 0.266 e. The Kier molecular flexibility index (Phi) is 6.34. The fourth-order valence-corrected chi connectivity index (χ4v) is 3.47. The predicted octanol–water partition coefficient (Wildman–Crippen LogP) is 6.60. The number of amides is 1. The lowest BCUT2D eigenvalue weighted by molar-refractivity contribution is -0.112. The van der Waals surface area contributed by atoms with E-state index in [9.17, 15) is 10.1 Å². The third kappa shape index (κ3) is 4.65. The molecule has 1 heterocycles. The van der Waals surface area contributed by atoms with Crippen molar-refractivity contribution in [2.45, 2.75) is 13.8 Å². The van der Waals surface area contributed by atoms with Crippen LogP contribution in [0.2, 0.25) is 15.1 Å². The van der Waals surface area contributed by atoms with Crippen molar-refractivity contribution in [1.29, 1.82) is 5.26 Å². The molecule has 4 nitrogen and oxygen atoms in total. The molecule has 1 N–H and O–H groups in total. The van der Waals surface area contributed by atoms with E-state index in [0.717, 1.165) is 22.6 Å². The molecule has 0 unspecified atom stereocenters. The van der Waals surface area contributed by atoms with E-state index in [2.05, 4.69) is 5.32 Å². The van der Waals surface area contributed by atoms with Crippen molar-refractivity contribution in [3.8, 4) is 11.8 Å². The Bertz CT molecular complexity index is 1160. The van der Waals surface area contributed by atoms with Gasteiger partial charge in [-0.25, -0.2) is 0 Å². The summed E-state index contributed by atoms with van der Waals surface area (Å²) in [5.41, 5.74) is 3.87. The molecule has 1 amide bonds.